The van der Waals surface area contributed by atoms with Gasteiger partial charge in [0.25, 0.3) is 0 Å². The van der Waals surface area contributed by atoms with Gasteiger partial charge in [-0.3, -0.25) is 77.3 Å². The van der Waals surface area contributed by atoms with Gasteiger partial charge in [0, 0.05) is 42.9 Å². The number of amides is 15. The molecule has 36 N–H and O–H groups in total. The van der Waals surface area contributed by atoms with Crippen molar-refractivity contribution in [2.75, 3.05) is 51.6 Å². The fraction of sp³-hybridized carbons (Fsp3) is 0.659. The van der Waals surface area contributed by atoms with Gasteiger partial charge in [-0.05, 0) is 178 Å². The number of guanidine groups is 1. The van der Waals surface area contributed by atoms with Crippen LogP contribution < -0.4 is 120 Å². The first-order valence-corrected chi connectivity index (χ1v) is 45.7. The van der Waals surface area contributed by atoms with Crippen molar-refractivity contribution in [3.63, 3.8) is 0 Å². The highest BCUT2D eigenvalue weighted by molar-refractivity contribution is 7.81. The van der Waals surface area contributed by atoms with E-state index in [0.29, 0.717) is 17.5 Å². The Morgan fingerprint density at radius 3 is 1.18 bits per heavy atom. The van der Waals surface area contributed by atoms with Gasteiger partial charge in [-0.15, -0.1) is 0 Å². The number of likely N-dealkylation sites (tertiary alicyclic amines) is 1. The van der Waals surface area contributed by atoms with Crippen LogP contribution in [0.3, 0.4) is 0 Å². The number of unbranched alkanes of at least 4 members (excludes halogenated alkanes) is 1. The molecule has 133 heavy (non-hydrogen) atoms. The van der Waals surface area contributed by atoms with Crippen molar-refractivity contribution >= 4 is 126 Å². The number of nitrogens with one attached hydrogen (secondary N) is 16. The Labute approximate surface area is 785 Å². The zero-order chi connectivity index (χ0) is 100. The van der Waals surface area contributed by atoms with E-state index in [4.69, 9.17) is 45.5 Å². The molecule has 0 bridgehead atoms. The van der Waals surface area contributed by atoms with Crippen molar-refractivity contribution in [1.29, 1.82) is 5.41 Å². The Morgan fingerprint density at radius 2 is 0.789 bits per heavy atom. The quantitative estimate of drug-likeness (QED) is 0.0127. The summed E-state index contributed by atoms with van der Waals surface area (Å²) in [5.74, 6) is -18.9. The maximum atomic E-state index is 14.9. The molecule has 1 aliphatic rings. The number of nitrogens with zero attached hydrogens (tertiary/aromatic N) is 1. The molecule has 46 nitrogen and oxygen atoms in total. The van der Waals surface area contributed by atoms with Crippen molar-refractivity contribution in [2.45, 2.75) is 285 Å². The SMILES string of the molecule is CC[C@H](C)[C@H](NC(=O)[C@@H](NC(=O)[C@H](Cc1ccc(O)cc1)NC(=O)[C@@H](NC(=O)[C@@H](NC(=O)[C@@H]1C[C@@H](O)CN1C(=O)[C@@H](N)C(C)C)[C@@H](C)CC)[C@@H](C)O)C(C)(C)S)C(=O)N[C@@H](CCCNC(=N)N)C(=O)N[C@@H](CCN)C(=O)N[C@H](C(=O)N[C@H](CCN)C(=O)N[C@@H](CCCCN)C(=O)N[C@@H](CS)C(=O)N[C@@H](CCN)C(=O)N[C@@H](CCCN)C(=O)N[C@@H](Cc1ccc(O)cc1)C(=O)O)[C@@H](C)O. The van der Waals surface area contributed by atoms with E-state index >= 15 is 0 Å². The molecule has 0 unspecified atom stereocenters. The third kappa shape index (κ3) is 39.0. The van der Waals surface area contributed by atoms with Gasteiger partial charge in [-0.25, -0.2) is 4.79 Å². The molecule has 0 radical (unpaired) electrons. The lowest BCUT2D eigenvalue weighted by Crippen LogP contribution is -2.65. The molecule has 1 saturated heterocycles. The van der Waals surface area contributed by atoms with E-state index in [0.717, 1.165) is 11.8 Å². The van der Waals surface area contributed by atoms with Crippen LogP contribution in [0.4, 0.5) is 0 Å². The highest BCUT2D eigenvalue weighted by Gasteiger charge is 2.46. The molecule has 1 fully saturated rings. The second-order valence-electron chi connectivity index (χ2n) is 34.2. The van der Waals surface area contributed by atoms with Crippen LogP contribution in [0.1, 0.15) is 164 Å². The number of carbonyl (C=O) groups excluding carboxylic acids is 15. The molecular weight excluding hydrogens is 1770 g/mol. The number of hydrogen-bond acceptors (Lipinski definition) is 30. The number of carboxylic acids is 1. The first kappa shape index (κ1) is 116. The van der Waals surface area contributed by atoms with Gasteiger partial charge < -0.3 is 155 Å². The summed E-state index contributed by atoms with van der Waals surface area (Å²) < 4.78 is -1.53. The molecule has 2 aromatic carbocycles. The monoisotopic (exact) mass is 1920 g/mol. The second-order valence-corrected chi connectivity index (χ2v) is 35.7. The minimum atomic E-state index is -1.92. The average Bonchev–Trinajstić information content (AvgIpc) is 1.69. The second kappa shape index (κ2) is 58.4. The summed E-state index contributed by atoms with van der Waals surface area (Å²) in [6, 6.07) is -13.4. The van der Waals surface area contributed by atoms with Gasteiger partial charge in [0.1, 0.15) is 102 Å². The standard InChI is InChI=1S/C85H144N24O22S2/c1-11-43(5)63(105-81(128)67(85(9,10)133)108-74(121)58(37-47-20-24-49(112)25-21-47)101-80(127)66(46(8)111)107-78(125)64(44(6)12-2)104-76(123)61-39-51(114)40-109(61)82(129)62(91)42(3)4)77(124)99-54(19-16-36-94-84(92)93)68(115)97-57(30-35-90)73(120)106-65(45(7)110)79(126)100-56(29-34-89)72(119)95-52(17-13-14-31-86)70(117)103-60(41-132)75(122)98-55(28-33-88)71(118)96-53(18-15-32-87)69(116)102-59(83(130)131)38-48-22-26-50(113)27-23-48/h20-27,42-46,51-67,110-114,132-133H,11-19,28-41,86-91H2,1-10H3,(H,95,119)(H,96,118)(H,97,115)(H,98,122)(H,99,124)(H,100,126)(H,101,127)(H,102,116)(H,103,117)(H,104,123)(H,105,128)(H,106,120)(H,107,125)(H,108,121)(H,130,131)(H4,92,93,94)/t43-,44-,45+,46+,51+,52-,53-,54-,55-,56+,57-,58-,59-,60-,61-,62-,63-,64-,65-,66-,67+/m0/s1. The predicted octanol–water partition coefficient (Wildman–Crippen LogP) is -7.63. The molecule has 21 atom stereocenters. The summed E-state index contributed by atoms with van der Waals surface area (Å²) in [4.78, 5) is 228. The summed E-state index contributed by atoms with van der Waals surface area (Å²) in [6.07, 6.45) is -5.39. The minimum absolute atomic E-state index is 0.00382. The molecule has 48 heteroatoms. The number of rotatable bonds is 60. The van der Waals surface area contributed by atoms with Crippen LogP contribution >= 0.6 is 25.3 Å². The minimum Gasteiger partial charge on any atom is -0.508 e. The van der Waals surface area contributed by atoms with Crippen molar-refractivity contribution in [3.8, 4) is 11.5 Å². The molecule has 15 amide bonds. The maximum absolute atomic E-state index is 14.9. The number of carbonyl (C=O) groups is 16. The van der Waals surface area contributed by atoms with Crippen LogP contribution in [0, 0.1) is 23.2 Å². The summed E-state index contributed by atoms with van der Waals surface area (Å²) in [7, 11) is 0. The van der Waals surface area contributed by atoms with E-state index in [9.17, 15) is 107 Å². The lowest BCUT2D eigenvalue weighted by Gasteiger charge is -2.34. The highest BCUT2D eigenvalue weighted by Crippen LogP contribution is 2.25. The van der Waals surface area contributed by atoms with Crippen LogP contribution in [0.2, 0.25) is 0 Å². The van der Waals surface area contributed by atoms with Crippen LogP contribution in [0.25, 0.3) is 0 Å². The average molecular weight is 1920 g/mol. The van der Waals surface area contributed by atoms with E-state index in [2.05, 4.69) is 105 Å². The fourth-order valence-electron chi connectivity index (χ4n) is 14.0. The molecule has 0 aliphatic carbocycles. The summed E-state index contributed by atoms with van der Waals surface area (Å²) in [5, 5.41) is 109. The van der Waals surface area contributed by atoms with Crippen LogP contribution in [-0.4, -0.2) is 307 Å². The maximum Gasteiger partial charge on any atom is 0.326 e. The number of aromatic hydroxyl groups is 2. The Hall–Kier alpha value is -10.8. The summed E-state index contributed by atoms with van der Waals surface area (Å²) in [5.41, 5.74) is 41.8. The number of thiol groups is 2. The smallest absolute Gasteiger partial charge is 0.326 e. The van der Waals surface area contributed by atoms with E-state index in [1.807, 2.05) is 0 Å². The third-order valence-corrected chi connectivity index (χ3v) is 23.1. The van der Waals surface area contributed by atoms with Gasteiger partial charge in [-0.2, -0.15) is 25.3 Å². The largest absolute Gasteiger partial charge is 0.508 e. The number of aliphatic hydroxyl groups excluding tert-OH is 3. The lowest BCUT2D eigenvalue weighted by molar-refractivity contribution is -0.142. The molecule has 0 spiro atoms. The zero-order valence-corrected chi connectivity index (χ0v) is 79.0. The highest BCUT2D eigenvalue weighted by atomic mass is 32.1. The number of hydrogen-bond donors (Lipinski definition) is 31. The number of benzene rings is 2. The summed E-state index contributed by atoms with van der Waals surface area (Å²) >= 11 is 8.96. The van der Waals surface area contributed by atoms with Gasteiger partial charge in [0.05, 0.1) is 24.4 Å². The Balaban J connectivity index is 1.92. The van der Waals surface area contributed by atoms with E-state index in [1.54, 1.807) is 41.5 Å². The van der Waals surface area contributed by atoms with E-state index < -0.39 is 238 Å². The molecule has 1 heterocycles. The molecule has 0 aromatic heterocycles. The van der Waals surface area contributed by atoms with Crippen molar-refractivity contribution in [1.82, 2.24) is 84.7 Å². The molecule has 0 saturated carbocycles. The van der Waals surface area contributed by atoms with E-state index in [-0.39, 0.29) is 153 Å². The fourth-order valence-corrected chi connectivity index (χ4v) is 14.4. The number of carboxylic acid groups (broad SMARTS) is 1. The normalized spacial score (nSPS) is 17.4. The molecular formula is C85H144N24O22S2. The molecule has 748 valence electrons. The third-order valence-electron chi connectivity index (χ3n) is 22.4. The summed E-state index contributed by atoms with van der Waals surface area (Å²) in [6.45, 7) is 14.4. The predicted molar refractivity (Wildman–Crippen MR) is 498 cm³/mol. The number of aliphatic carboxylic acids is 1. The van der Waals surface area contributed by atoms with Gasteiger partial charge in [0.2, 0.25) is 88.6 Å². The zero-order valence-electron chi connectivity index (χ0n) is 77.2. The van der Waals surface area contributed by atoms with Crippen molar-refractivity contribution < 1.29 is 107 Å². The number of phenols is 2. The van der Waals surface area contributed by atoms with Gasteiger partial charge in [0.15, 0.2) is 5.96 Å². The molecule has 3 rings (SSSR count). The number of aliphatic hydroxyl groups is 3. The lowest BCUT2D eigenvalue weighted by atomic mass is 9.95. The first-order valence-electron chi connectivity index (χ1n) is 44.6. The Morgan fingerprint density at radius 1 is 0.451 bits per heavy atom. The Kier molecular flexibility index (Phi) is 51.0. The van der Waals surface area contributed by atoms with Crippen LogP contribution in [-0.2, 0) is 89.6 Å². The number of β-amino-alcohol motifs (C(OH)–C–C–N with tert-alkyl or cyclic N) is 1. The van der Waals surface area contributed by atoms with Crippen molar-refractivity contribution in [3.05, 3.63) is 59.7 Å². The van der Waals surface area contributed by atoms with Crippen molar-refractivity contribution in [2.24, 2.45) is 57.9 Å². The molecule has 2 aromatic rings. The van der Waals surface area contributed by atoms with Gasteiger partial charge >= 0.3 is 5.97 Å². The van der Waals surface area contributed by atoms with E-state index in [1.165, 1.54) is 69.3 Å². The molecule has 1 aliphatic heterocycles. The first-order chi connectivity index (χ1) is 62.6. The van der Waals surface area contributed by atoms with Crippen LogP contribution in [0.15, 0.2) is 48.5 Å². The van der Waals surface area contributed by atoms with Crippen LogP contribution in [0.5, 0.6) is 11.5 Å². The number of phenolic OH excluding ortho intramolecular Hbond substituents is 2. The Bertz CT molecular complexity index is 4180. The van der Waals surface area contributed by atoms with Gasteiger partial charge in [-0.1, -0.05) is 78.6 Å². The number of nitrogens with two attached hydrogens (primary N) is 7. The topological polar surface area (TPSA) is 784 Å².